The molecule has 24 heavy (non-hydrogen) atoms. The van der Waals surface area contributed by atoms with Gasteiger partial charge in [-0.15, -0.1) is 0 Å². The average Bonchev–Trinajstić information content (AvgIpc) is 2.65. The van der Waals surface area contributed by atoms with Crippen molar-refractivity contribution in [1.82, 2.24) is 0 Å². The molecule has 0 saturated heterocycles. The third kappa shape index (κ3) is 2.74. The Balaban J connectivity index is 2.39. The Kier molecular flexibility index (Phi) is 4.78. The SMILES string of the molecule is CC(C(=O)[O-])[P+](c1ccccc1)(c1ccccc1)c1ccccc1. The molecule has 0 aliphatic rings. The summed E-state index contributed by atoms with van der Waals surface area (Å²) in [6.07, 6.45) is 0. The number of hydrogen-bond acceptors (Lipinski definition) is 2. The lowest BCUT2D eigenvalue weighted by Gasteiger charge is -2.33. The maximum absolute atomic E-state index is 12.0. The maximum Gasteiger partial charge on any atom is 0.120 e. The molecule has 2 nitrogen and oxygen atoms in total. The van der Waals surface area contributed by atoms with Gasteiger partial charge in [0.15, 0.2) is 0 Å². The van der Waals surface area contributed by atoms with Gasteiger partial charge in [-0.25, -0.2) is 0 Å². The van der Waals surface area contributed by atoms with Crippen molar-refractivity contribution in [3.63, 3.8) is 0 Å². The third-order valence-corrected chi connectivity index (χ3v) is 9.12. The summed E-state index contributed by atoms with van der Waals surface area (Å²) in [6, 6.07) is 29.9. The van der Waals surface area contributed by atoms with Crippen LogP contribution in [0.15, 0.2) is 91.0 Å². The summed E-state index contributed by atoms with van der Waals surface area (Å²) in [5.41, 5.74) is -0.621. The molecule has 3 aromatic carbocycles. The molecule has 0 spiro atoms. The van der Waals surface area contributed by atoms with Crippen molar-refractivity contribution in [2.75, 3.05) is 0 Å². The van der Waals surface area contributed by atoms with Crippen molar-refractivity contribution in [3.8, 4) is 0 Å². The molecule has 0 saturated carbocycles. The molecule has 0 heterocycles. The minimum atomic E-state index is -2.36. The third-order valence-electron chi connectivity index (χ3n) is 4.41. The molecule has 0 N–H and O–H groups in total. The van der Waals surface area contributed by atoms with Crippen LogP contribution >= 0.6 is 7.26 Å². The Morgan fingerprint density at radius 1 is 0.708 bits per heavy atom. The normalized spacial score (nSPS) is 12.5. The Morgan fingerprint density at radius 2 is 1.00 bits per heavy atom. The van der Waals surface area contributed by atoms with E-state index >= 15 is 0 Å². The molecule has 0 aliphatic carbocycles. The second kappa shape index (κ2) is 6.98. The number of carbonyl (C=O) groups is 1. The maximum atomic E-state index is 12.0. The summed E-state index contributed by atoms with van der Waals surface area (Å²) >= 11 is 0. The Labute approximate surface area is 143 Å². The predicted octanol–water partition coefficient (Wildman–Crippen LogP) is 2.12. The first-order valence-corrected chi connectivity index (χ1v) is 9.79. The van der Waals surface area contributed by atoms with Crippen LogP contribution in [0.5, 0.6) is 0 Å². The zero-order chi connectivity index (χ0) is 17.0. The molecule has 0 fully saturated rings. The fourth-order valence-electron chi connectivity index (χ4n) is 3.27. The van der Waals surface area contributed by atoms with Crippen LogP contribution in [0.4, 0.5) is 0 Å². The first-order valence-electron chi connectivity index (χ1n) is 7.94. The van der Waals surface area contributed by atoms with Crippen molar-refractivity contribution in [2.24, 2.45) is 0 Å². The van der Waals surface area contributed by atoms with Crippen molar-refractivity contribution in [1.29, 1.82) is 0 Å². The van der Waals surface area contributed by atoms with Crippen molar-refractivity contribution in [2.45, 2.75) is 12.6 Å². The van der Waals surface area contributed by atoms with E-state index in [1.807, 2.05) is 91.0 Å². The molecule has 0 aromatic heterocycles. The van der Waals surface area contributed by atoms with Crippen LogP contribution in [0.2, 0.25) is 0 Å². The fraction of sp³-hybridized carbons (Fsp3) is 0.0952. The zero-order valence-corrected chi connectivity index (χ0v) is 14.4. The lowest BCUT2D eigenvalue weighted by atomic mass is 10.3. The molecular weight excluding hydrogens is 315 g/mol. The van der Waals surface area contributed by atoms with Crippen LogP contribution in [-0.4, -0.2) is 11.6 Å². The van der Waals surface area contributed by atoms with Gasteiger partial charge in [-0.05, 0) is 43.3 Å². The van der Waals surface area contributed by atoms with Gasteiger partial charge in [0.05, 0.1) is 5.97 Å². The summed E-state index contributed by atoms with van der Waals surface area (Å²) in [4.78, 5) is 12.0. The van der Waals surface area contributed by atoms with Crippen LogP contribution in [0.3, 0.4) is 0 Å². The molecule has 120 valence electrons. The lowest BCUT2D eigenvalue weighted by Crippen LogP contribution is -2.46. The molecule has 0 amide bonds. The average molecular weight is 334 g/mol. The standard InChI is InChI=1S/C21H19O2P/c1-17(21(22)23)24(18-11-5-2-6-12-18,19-13-7-3-8-14-19)20-15-9-4-10-16-20/h2-17H,1H3. The smallest absolute Gasteiger partial charge is 0.120 e. The fourth-order valence-corrected chi connectivity index (χ4v) is 7.75. The van der Waals surface area contributed by atoms with Gasteiger partial charge in [-0.3, -0.25) is 0 Å². The van der Waals surface area contributed by atoms with E-state index in [1.165, 1.54) is 0 Å². The number of carboxylic acid groups (broad SMARTS) is 1. The zero-order valence-electron chi connectivity index (χ0n) is 13.5. The Morgan fingerprint density at radius 3 is 1.25 bits per heavy atom. The summed E-state index contributed by atoms with van der Waals surface area (Å²) in [5.74, 6) is -1.01. The molecule has 0 radical (unpaired) electrons. The van der Waals surface area contributed by atoms with Gasteiger partial charge in [-0.1, -0.05) is 54.6 Å². The number of carbonyl (C=O) groups excluding carboxylic acids is 1. The highest BCUT2D eigenvalue weighted by molar-refractivity contribution is 7.96. The van der Waals surface area contributed by atoms with E-state index in [0.717, 1.165) is 15.9 Å². The Bertz CT molecular complexity index is 704. The second-order valence-corrected chi connectivity index (χ2v) is 9.49. The highest BCUT2D eigenvalue weighted by Gasteiger charge is 2.50. The predicted molar refractivity (Wildman–Crippen MR) is 99.6 cm³/mol. The summed E-state index contributed by atoms with van der Waals surface area (Å²) in [5, 5.41) is 15.1. The number of carboxylic acids is 1. The van der Waals surface area contributed by atoms with Gasteiger partial charge in [0.1, 0.15) is 28.8 Å². The molecule has 3 aromatic rings. The van der Waals surface area contributed by atoms with Crippen LogP contribution in [0, 0.1) is 0 Å². The van der Waals surface area contributed by atoms with Gasteiger partial charge in [0, 0.05) is 0 Å². The van der Waals surface area contributed by atoms with Gasteiger partial charge in [-0.2, -0.15) is 0 Å². The molecule has 3 heteroatoms. The molecule has 3 rings (SSSR count). The summed E-state index contributed by atoms with van der Waals surface area (Å²) < 4.78 is 0. The van der Waals surface area contributed by atoms with Crippen molar-refractivity contribution < 1.29 is 9.90 Å². The Hall–Kier alpha value is -2.44. The van der Waals surface area contributed by atoms with Gasteiger partial charge in [0.2, 0.25) is 0 Å². The van der Waals surface area contributed by atoms with Gasteiger partial charge >= 0.3 is 0 Å². The van der Waals surface area contributed by atoms with Gasteiger partial charge in [0.25, 0.3) is 0 Å². The molecule has 1 unspecified atom stereocenters. The van der Waals surface area contributed by atoms with E-state index < -0.39 is 18.9 Å². The largest absolute Gasteiger partial charge is 0.546 e. The van der Waals surface area contributed by atoms with E-state index in [-0.39, 0.29) is 0 Å². The van der Waals surface area contributed by atoms with Crippen LogP contribution in [0.25, 0.3) is 0 Å². The van der Waals surface area contributed by atoms with Crippen molar-refractivity contribution >= 4 is 29.1 Å². The van der Waals surface area contributed by atoms with E-state index in [0.29, 0.717) is 0 Å². The van der Waals surface area contributed by atoms with Crippen LogP contribution < -0.4 is 21.0 Å². The molecule has 1 atom stereocenters. The quantitative estimate of drug-likeness (QED) is 0.671. The van der Waals surface area contributed by atoms with Crippen LogP contribution in [0.1, 0.15) is 6.92 Å². The van der Waals surface area contributed by atoms with Gasteiger partial charge < -0.3 is 9.90 Å². The second-order valence-electron chi connectivity index (χ2n) is 5.72. The first-order chi connectivity index (χ1) is 11.7. The first kappa shape index (κ1) is 16.4. The highest BCUT2D eigenvalue weighted by Crippen LogP contribution is 2.59. The van der Waals surface area contributed by atoms with E-state index in [4.69, 9.17) is 0 Å². The molecular formula is C21H19O2P. The highest BCUT2D eigenvalue weighted by atomic mass is 31.2. The van der Waals surface area contributed by atoms with Crippen LogP contribution in [-0.2, 0) is 4.79 Å². The lowest BCUT2D eigenvalue weighted by molar-refractivity contribution is -0.304. The minimum Gasteiger partial charge on any atom is -0.546 e. The van der Waals surface area contributed by atoms with E-state index in [9.17, 15) is 9.90 Å². The van der Waals surface area contributed by atoms with E-state index in [2.05, 4.69) is 0 Å². The van der Waals surface area contributed by atoms with Crippen molar-refractivity contribution in [3.05, 3.63) is 91.0 Å². The molecule has 0 aliphatic heterocycles. The minimum absolute atomic E-state index is 0.621. The monoisotopic (exact) mass is 334 g/mol. The topological polar surface area (TPSA) is 40.1 Å². The number of benzene rings is 3. The number of rotatable bonds is 5. The number of aliphatic carboxylic acids is 1. The summed E-state index contributed by atoms with van der Waals surface area (Å²) in [6.45, 7) is 1.77. The number of hydrogen-bond donors (Lipinski definition) is 0. The molecule has 0 bridgehead atoms. The summed E-state index contributed by atoms with van der Waals surface area (Å²) in [7, 11) is -2.36. The van der Waals surface area contributed by atoms with E-state index in [1.54, 1.807) is 6.92 Å².